The monoisotopic (exact) mass is 646 g/mol. The van der Waals surface area contributed by atoms with Gasteiger partial charge in [-0.2, -0.15) is 0 Å². The van der Waals surface area contributed by atoms with E-state index in [0.29, 0.717) is 0 Å². The summed E-state index contributed by atoms with van der Waals surface area (Å²) in [6.45, 7) is 0. The maximum Gasteiger partial charge on any atom is 0.199 e. The lowest BCUT2D eigenvalue weighted by Crippen LogP contribution is -2.16. The fourth-order valence-electron chi connectivity index (χ4n) is 7.47. The zero-order chi connectivity index (χ0) is 32.3. The van der Waals surface area contributed by atoms with Crippen molar-refractivity contribution in [2.24, 2.45) is 4.99 Å². The second-order valence-electron chi connectivity index (χ2n) is 12.7. The van der Waals surface area contributed by atoms with Crippen molar-refractivity contribution in [3.05, 3.63) is 169 Å². The van der Waals surface area contributed by atoms with E-state index in [2.05, 4.69) is 168 Å². The number of allylic oxidation sites excluding steroid dienone is 1. The number of anilines is 3. The van der Waals surface area contributed by atoms with Crippen molar-refractivity contribution >= 4 is 65.6 Å². The molecule has 1 aromatic heterocycles. The Bertz CT molecular complexity index is 2600. The van der Waals surface area contributed by atoms with Gasteiger partial charge in [-0.05, 0) is 93.7 Å². The predicted molar refractivity (Wildman–Crippen MR) is 207 cm³/mol. The minimum absolute atomic E-state index is 0.139. The average Bonchev–Trinajstić information content (AvgIpc) is 3.74. The van der Waals surface area contributed by atoms with Crippen molar-refractivity contribution in [1.82, 2.24) is 0 Å². The highest BCUT2D eigenvalue weighted by Crippen LogP contribution is 2.46. The smallest absolute Gasteiger partial charge is 0.199 e. The number of fused-ring (bicyclic) bond motifs is 8. The Morgan fingerprint density at radius 1 is 0.531 bits per heavy atom. The molecule has 8 aromatic rings. The molecule has 0 aliphatic carbocycles. The van der Waals surface area contributed by atoms with Crippen LogP contribution in [0.5, 0.6) is 5.75 Å². The first kappa shape index (κ1) is 28.1. The van der Waals surface area contributed by atoms with Gasteiger partial charge < -0.3 is 9.64 Å². The number of aliphatic imine (C=N–C) groups is 1. The van der Waals surface area contributed by atoms with E-state index in [1.807, 2.05) is 23.6 Å². The van der Waals surface area contributed by atoms with Crippen LogP contribution in [0, 0.1) is 0 Å². The SMILES string of the molecule is C1=CC2c3c(ccc4ccc(-c5ccc(N(c6cccc(-c7ccccc7)c6)c6ccc7c(c6)sc6ccccc67)cc5)cc34)OC2N=C1. The summed E-state index contributed by atoms with van der Waals surface area (Å²) in [5.41, 5.74) is 9.35. The van der Waals surface area contributed by atoms with Crippen LogP contribution in [0.2, 0.25) is 0 Å². The molecule has 10 rings (SSSR count). The van der Waals surface area contributed by atoms with E-state index < -0.39 is 0 Å². The van der Waals surface area contributed by atoms with Gasteiger partial charge in [0.15, 0.2) is 6.23 Å². The summed E-state index contributed by atoms with van der Waals surface area (Å²) in [7, 11) is 0. The van der Waals surface area contributed by atoms with Crippen LogP contribution in [-0.4, -0.2) is 12.4 Å². The third-order valence-corrected chi connectivity index (χ3v) is 11.0. The zero-order valence-corrected chi connectivity index (χ0v) is 27.3. The highest BCUT2D eigenvalue weighted by atomic mass is 32.1. The number of nitrogens with zero attached hydrogens (tertiary/aromatic N) is 2. The normalized spacial score (nSPS) is 16.2. The maximum absolute atomic E-state index is 6.22. The number of dihydropyridines is 1. The minimum atomic E-state index is -0.174. The summed E-state index contributed by atoms with van der Waals surface area (Å²) in [6.07, 6.45) is 5.90. The predicted octanol–water partition coefficient (Wildman–Crippen LogP) is 12.5. The Morgan fingerprint density at radius 2 is 1.24 bits per heavy atom. The third kappa shape index (κ3) is 4.75. The van der Waals surface area contributed by atoms with E-state index in [1.165, 1.54) is 58.8 Å². The Morgan fingerprint density at radius 3 is 2.16 bits per heavy atom. The largest absolute Gasteiger partial charge is 0.467 e. The van der Waals surface area contributed by atoms with E-state index in [4.69, 9.17) is 4.74 Å². The van der Waals surface area contributed by atoms with Crippen molar-refractivity contribution in [1.29, 1.82) is 0 Å². The van der Waals surface area contributed by atoms with Crippen LogP contribution >= 0.6 is 11.3 Å². The molecular formula is C45H30N2OS. The van der Waals surface area contributed by atoms with Crippen LogP contribution in [0.15, 0.2) is 169 Å². The van der Waals surface area contributed by atoms with Gasteiger partial charge in [0.25, 0.3) is 0 Å². The highest BCUT2D eigenvalue weighted by Gasteiger charge is 2.34. The van der Waals surface area contributed by atoms with E-state index in [-0.39, 0.29) is 12.1 Å². The summed E-state index contributed by atoms with van der Waals surface area (Å²) in [4.78, 5) is 6.96. The lowest BCUT2D eigenvalue weighted by Gasteiger charge is -2.26. The first-order valence-corrected chi connectivity index (χ1v) is 17.5. The molecule has 3 heterocycles. The molecule has 2 aliphatic rings. The first-order chi connectivity index (χ1) is 24.3. The molecule has 0 amide bonds. The van der Waals surface area contributed by atoms with E-state index in [0.717, 1.165) is 22.8 Å². The lowest BCUT2D eigenvalue weighted by atomic mass is 9.90. The van der Waals surface area contributed by atoms with Crippen LogP contribution in [-0.2, 0) is 0 Å². The number of benzene rings is 7. The van der Waals surface area contributed by atoms with Crippen molar-refractivity contribution in [2.45, 2.75) is 12.1 Å². The maximum atomic E-state index is 6.22. The topological polar surface area (TPSA) is 24.8 Å². The number of hydrogen-bond acceptors (Lipinski definition) is 4. The summed E-state index contributed by atoms with van der Waals surface area (Å²) in [6, 6.07) is 55.0. The molecule has 4 heteroatoms. The number of thiophene rings is 1. The third-order valence-electron chi connectivity index (χ3n) is 9.84. The lowest BCUT2D eigenvalue weighted by molar-refractivity contribution is 0.230. The van der Waals surface area contributed by atoms with Crippen molar-refractivity contribution < 1.29 is 4.74 Å². The summed E-state index contributed by atoms with van der Waals surface area (Å²) in [5.74, 6) is 1.07. The Kier molecular flexibility index (Phi) is 6.49. The summed E-state index contributed by atoms with van der Waals surface area (Å²) < 4.78 is 8.81. The average molecular weight is 647 g/mol. The molecule has 232 valence electrons. The van der Waals surface area contributed by atoms with Crippen LogP contribution < -0.4 is 9.64 Å². The van der Waals surface area contributed by atoms with Gasteiger partial charge in [-0.15, -0.1) is 11.3 Å². The van der Waals surface area contributed by atoms with Gasteiger partial charge in [-0.1, -0.05) is 103 Å². The Hall–Kier alpha value is -5.97. The zero-order valence-electron chi connectivity index (χ0n) is 26.5. The van der Waals surface area contributed by atoms with Gasteiger partial charge in [-0.25, -0.2) is 4.99 Å². The molecule has 2 unspecified atom stereocenters. The molecule has 2 aliphatic heterocycles. The van der Waals surface area contributed by atoms with Gasteiger partial charge in [0.1, 0.15) is 5.75 Å². The molecule has 0 bridgehead atoms. The van der Waals surface area contributed by atoms with E-state index in [9.17, 15) is 0 Å². The summed E-state index contributed by atoms with van der Waals surface area (Å²) in [5, 5.41) is 5.05. The van der Waals surface area contributed by atoms with Crippen LogP contribution in [0.3, 0.4) is 0 Å². The molecular weight excluding hydrogens is 617 g/mol. The molecule has 2 atom stereocenters. The van der Waals surface area contributed by atoms with E-state index in [1.54, 1.807) is 0 Å². The van der Waals surface area contributed by atoms with Gasteiger partial charge >= 0.3 is 0 Å². The van der Waals surface area contributed by atoms with Crippen molar-refractivity contribution in [2.75, 3.05) is 4.90 Å². The molecule has 0 spiro atoms. The molecule has 3 nitrogen and oxygen atoms in total. The fourth-order valence-corrected chi connectivity index (χ4v) is 8.61. The van der Waals surface area contributed by atoms with Gasteiger partial charge in [0, 0.05) is 49.0 Å². The number of ether oxygens (including phenoxy) is 1. The standard InChI is InChI=1S/C45H30N2OS/c1-2-8-29(9-3-1)32-10-6-11-35(26-32)47(36-22-23-38-37-12-4-5-14-42(37)49-43(38)28-36)34-20-17-30(18-21-34)33-16-15-31-19-24-41-44(40(31)27-33)39-13-7-25-46-45(39)48-41/h1-28,39,45H. The van der Waals surface area contributed by atoms with Crippen LogP contribution in [0.4, 0.5) is 17.1 Å². The minimum Gasteiger partial charge on any atom is -0.467 e. The Balaban J connectivity index is 1.08. The number of hydrogen-bond donors (Lipinski definition) is 0. The van der Waals surface area contributed by atoms with E-state index >= 15 is 0 Å². The van der Waals surface area contributed by atoms with Crippen molar-refractivity contribution in [3.8, 4) is 28.0 Å². The van der Waals surface area contributed by atoms with Crippen molar-refractivity contribution in [3.63, 3.8) is 0 Å². The number of rotatable bonds is 5. The molecule has 0 saturated heterocycles. The summed E-state index contributed by atoms with van der Waals surface area (Å²) >= 11 is 1.85. The second kappa shape index (κ2) is 11.3. The molecule has 7 aromatic carbocycles. The van der Waals surface area contributed by atoms with Gasteiger partial charge in [-0.3, -0.25) is 0 Å². The van der Waals surface area contributed by atoms with Crippen LogP contribution in [0.1, 0.15) is 11.5 Å². The first-order valence-electron chi connectivity index (χ1n) is 16.7. The molecule has 49 heavy (non-hydrogen) atoms. The highest BCUT2D eigenvalue weighted by molar-refractivity contribution is 7.25. The second-order valence-corrected chi connectivity index (χ2v) is 13.8. The fraction of sp³-hybridized carbons (Fsp3) is 0.0444. The molecule has 0 radical (unpaired) electrons. The molecule has 0 saturated carbocycles. The molecule has 0 N–H and O–H groups in total. The van der Waals surface area contributed by atoms with Gasteiger partial charge in [0.2, 0.25) is 0 Å². The Labute approximate surface area is 288 Å². The van der Waals surface area contributed by atoms with Gasteiger partial charge in [0.05, 0.1) is 5.92 Å². The molecule has 0 fully saturated rings. The van der Waals surface area contributed by atoms with Crippen LogP contribution in [0.25, 0.3) is 53.2 Å². The quantitative estimate of drug-likeness (QED) is 0.186.